The van der Waals surface area contributed by atoms with Crippen LogP contribution in [0.5, 0.6) is 0 Å². The Hall–Kier alpha value is -1.12. The molecule has 3 heteroatoms. The van der Waals surface area contributed by atoms with Gasteiger partial charge in [-0.3, -0.25) is 4.79 Å². The van der Waals surface area contributed by atoms with Crippen LogP contribution in [0.25, 0.3) is 0 Å². The van der Waals surface area contributed by atoms with Crippen LogP contribution in [0.15, 0.2) is 11.6 Å². The van der Waals surface area contributed by atoms with Gasteiger partial charge in [0.05, 0.1) is 13.0 Å². The van der Waals surface area contributed by atoms with E-state index in [2.05, 4.69) is 13.8 Å². The third kappa shape index (κ3) is 3.19. The molecule has 3 nitrogen and oxygen atoms in total. The first kappa shape index (κ1) is 12.9. The lowest BCUT2D eigenvalue weighted by Crippen LogP contribution is -2.16. The Bertz CT molecular complexity index is 326. The van der Waals surface area contributed by atoms with Gasteiger partial charge in [-0.15, -0.1) is 0 Å². The molecule has 0 spiro atoms. The van der Waals surface area contributed by atoms with Crippen LogP contribution in [0.2, 0.25) is 0 Å². The van der Waals surface area contributed by atoms with Crippen LogP contribution in [-0.4, -0.2) is 18.9 Å². The molecule has 0 fully saturated rings. The van der Waals surface area contributed by atoms with Crippen LogP contribution in [0.3, 0.4) is 0 Å². The lowest BCUT2D eigenvalue weighted by molar-refractivity contribution is -0.141. The summed E-state index contributed by atoms with van der Waals surface area (Å²) < 4.78 is 4.70. The molecular formula is C13H20O3. The van der Waals surface area contributed by atoms with Crippen LogP contribution in [-0.2, 0) is 14.3 Å². The van der Waals surface area contributed by atoms with Gasteiger partial charge >= 0.3 is 5.97 Å². The van der Waals surface area contributed by atoms with E-state index in [0.29, 0.717) is 6.42 Å². The third-order valence-corrected chi connectivity index (χ3v) is 3.14. The van der Waals surface area contributed by atoms with Crippen molar-refractivity contribution in [3.05, 3.63) is 11.6 Å². The highest BCUT2D eigenvalue weighted by Gasteiger charge is 2.41. The Kier molecular flexibility index (Phi) is 3.89. The van der Waals surface area contributed by atoms with Gasteiger partial charge in [0.25, 0.3) is 0 Å². The minimum Gasteiger partial charge on any atom is -0.468 e. The number of rotatable bonds is 6. The molecule has 0 N–H and O–H groups in total. The molecule has 16 heavy (non-hydrogen) atoms. The molecule has 0 amide bonds. The normalized spacial score (nSPS) is 19.0. The second-order valence-electron chi connectivity index (χ2n) is 5.06. The molecule has 0 radical (unpaired) electrons. The van der Waals surface area contributed by atoms with Crippen molar-refractivity contribution in [1.29, 1.82) is 0 Å². The Balaban J connectivity index is 2.39. The van der Waals surface area contributed by atoms with Crippen LogP contribution in [0.1, 0.15) is 40.0 Å². The van der Waals surface area contributed by atoms with E-state index in [1.807, 2.05) is 6.08 Å². The molecule has 0 aliphatic heterocycles. The fourth-order valence-corrected chi connectivity index (χ4v) is 2.02. The first-order chi connectivity index (χ1) is 7.38. The van der Waals surface area contributed by atoms with E-state index in [1.165, 1.54) is 7.11 Å². The number of Topliss-reactive ketones (excluding diaryl/α,β-unsaturated/α-hetero) is 1. The number of esters is 1. The average molecular weight is 224 g/mol. The van der Waals surface area contributed by atoms with Crippen LogP contribution >= 0.6 is 0 Å². The molecule has 1 atom stereocenters. The largest absolute Gasteiger partial charge is 0.468 e. The van der Waals surface area contributed by atoms with Crippen molar-refractivity contribution in [2.75, 3.05) is 7.11 Å². The predicted octanol–water partition coefficient (Wildman–Crippen LogP) is 2.50. The Morgan fingerprint density at radius 3 is 2.56 bits per heavy atom. The van der Waals surface area contributed by atoms with Gasteiger partial charge in [0, 0.05) is 6.42 Å². The van der Waals surface area contributed by atoms with E-state index in [9.17, 15) is 9.59 Å². The highest BCUT2D eigenvalue weighted by atomic mass is 16.5. The summed E-state index contributed by atoms with van der Waals surface area (Å²) in [4.78, 5) is 22.1. The van der Waals surface area contributed by atoms with E-state index in [0.717, 1.165) is 18.4 Å². The summed E-state index contributed by atoms with van der Waals surface area (Å²) in [5.74, 6) is -0.0583. The number of ether oxygens (including phenoxy) is 1. The van der Waals surface area contributed by atoms with Gasteiger partial charge in [0.15, 0.2) is 0 Å². The minimum absolute atomic E-state index is 0.00824. The zero-order chi connectivity index (χ0) is 12.3. The summed E-state index contributed by atoms with van der Waals surface area (Å²) >= 11 is 0. The second kappa shape index (κ2) is 4.81. The summed E-state index contributed by atoms with van der Waals surface area (Å²) in [7, 11) is 1.41. The molecule has 0 aromatic rings. The highest BCUT2D eigenvalue weighted by Crippen LogP contribution is 2.46. The lowest BCUT2D eigenvalue weighted by Gasteiger charge is -2.22. The zero-order valence-corrected chi connectivity index (χ0v) is 10.5. The van der Waals surface area contributed by atoms with Gasteiger partial charge in [-0.2, -0.15) is 0 Å². The molecule has 1 unspecified atom stereocenters. The zero-order valence-electron chi connectivity index (χ0n) is 10.5. The molecule has 0 heterocycles. The molecule has 0 bridgehead atoms. The fourth-order valence-electron chi connectivity index (χ4n) is 2.02. The number of carbonyl (C=O) groups excluding carboxylic acids is 2. The maximum Gasteiger partial charge on any atom is 0.316 e. The first-order valence-electron chi connectivity index (χ1n) is 5.68. The second-order valence-corrected chi connectivity index (χ2v) is 5.06. The van der Waals surface area contributed by atoms with Gasteiger partial charge in [-0.1, -0.05) is 19.9 Å². The Morgan fingerprint density at radius 1 is 1.44 bits per heavy atom. The highest BCUT2D eigenvalue weighted by molar-refractivity contribution is 5.83. The average Bonchev–Trinajstić information content (AvgIpc) is 2.95. The molecule has 1 aliphatic rings. The number of methoxy groups -OCH3 is 1. The lowest BCUT2D eigenvalue weighted by atomic mass is 9.82. The standard InChI is InChI=1S/C13H20O3/c1-9(14)6-5-7-13(2,3)11-8-10(11)12(15)16-4/h8,10H,5-7H2,1-4H3. The van der Waals surface area contributed by atoms with Crippen molar-refractivity contribution in [2.24, 2.45) is 11.3 Å². The van der Waals surface area contributed by atoms with Gasteiger partial charge in [0.2, 0.25) is 0 Å². The number of ketones is 1. The van der Waals surface area contributed by atoms with E-state index in [1.54, 1.807) is 6.92 Å². The van der Waals surface area contributed by atoms with E-state index in [-0.39, 0.29) is 23.1 Å². The monoisotopic (exact) mass is 224 g/mol. The quantitative estimate of drug-likeness (QED) is 0.514. The molecular weight excluding hydrogens is 204 g/mol. The van der Waals surface area contributed by atoms with E-state index in [4.69, 9.17) is 4.74 Å². The van der Waals surface area contributed by atoms with Crippen molar-refractivity contribution < 1.29 is 14.3 Å². The molecule has 1 rings (SSSR count). The smallest absolute Gasteiger partial charge is 0.316 e. The van der Waals surface area contributed by atoms with Crippen LogP contribution in [0.4, 0.5) is 0 Å². The Morgan fingerprint density at radius 2 is 2.06 bits per heavy atom. The van der Waals surface area contributed by atoms with E-state index >= 15 is 0 Å². The number of carbonyl (C=O) groups is 2. The maximum atomic E-state index is 11.3. The number of hydrogen-bond donors (Lipinski definition) is 0. The van der Waals surface area contributed by atoms with Gasteiger partial charge in [-0.05, 0) is 30.8 Å². The maximum absolute atomic E-state index is 11.3. The molecule has 0 aromatic heterocycles. The Labute approximate surface area is 96.9 Å². The molecule has 0 saturated carbocycles. The summed E-state index contributed by atoms with van der Waals surface area (Å²) in [6.45, 7) is 5.84. The minimum atomic E-state index is -0.172. The summed E-state index contributed by atoms with van der Waals surface area (Å²) in [5, 5.41) is 0. The topological polar surface area (TPSA) is 43.4 Å². The summed E-state index contributed by atoms with van der Waals surface area (Å²) in [6, 6.07) is 0. The van der Waals surface area contributed by atoms with E-state index < -0.39 is 0 Å². The van der Waals surface area contributed by atoms with Crippen molar-refractivity contribution in [2.45, 2.75) is 40.0 Å². The van der Waals surface area contributed by atoms with Gasteiger partial charge in [0.1, 0.15) is 5.78 Å². The van der Waals surface area contributed by atoms with Crippen molar-refractivity contribution in [3.8, 4) is 0 Å². The SMILES string of the molecule is COC(=O)C1C=C1C(C)(C)CCCC(C)=O. The molecule has 90 valence electrons. The van der Waals surface area contributed by atoms with Gasteiger partial charge in [-0.25, -0.2) is 0 Å². The van der Waals surface area contributed by atoms with Crippen molar-refractivity contribution in [1.82, 2.24) is 0 Å². The molecule has 0 saturated heterocycles. The van der Waals surface area contributed by atoms with Gasteiger partial charge < -0.3 is 9.53 Å². The number of hydrogen-bond acceptors (Lipinski definition) is 3. The summed E-state index contributed by atoms with van der Waals surface area (Å²) in [6.07, 6.45) is 4.40. The molecule has 1 aliphatic carbocycles. The summed E-state index contributed by atoms with van der Waals surface area (Å²) in [5.41, 5.74) is 1.16. The predicted molar refractivity (Wildman–Crippen MR) is 61.9 cm³/mol. The van der Waals surface area contributed by atoms with Crippen LogP contribution in [0, 0.1) is 11.3 Å². The van der Waals surface area contributed by atoms with Crippen molar-refractivity contribution in [3.63, 3.8) is 0 Å². The van der Waals surface area contributed by atoms with Crippen LogP contribution < -0.4 is 0 Å². The third-order valence-electron chi connectivity index (χ3n) is 3.14. The molecule has 0 aromatic carbocycles. The van der Waals surface area contributed by atoms with Crippen molar-refractivity contribution >= 4 is 11.8 Å². The first-order valence-corrected chi connectivity index (χ1v) is 5.68. The fraction of sp³-hybridized carbons (Fsp3) is 0.692.